The van der Waals surface area contributed by atoms with Gasteiger partial charge in [0.1, 0.15) is 0 Å². The van der Waals surface area contributed by atoms with E-state index in [9.17, 15) is 14.4 Å². The van der Waals surface area contributed by atoms with Crippen molar-refractivity contribution in [2.45, 2.75) is 77.6 Å². The van der Waals surface area contributed by atoms with Crippen LogP contribution in [0.5, 0.6) is 0 Å². The van der Waals surface area contributed by atoms with Gasteiger partial charge in [-0.05, 0) is 52.1 Å². The molecule has 0 saturated heterocycles. The van der Waals surface area contributed by atoms with Gasteiger partial charge in [-0.2, -0.15) is 0 Å². The predicted octanol–water partition coefficient (Wildman–Crippen LogP) is 7.26. The second-order valence-electron chi connectivity index (χ2n) is 8.47. The van der Waals surface area contributed by atoms with Gasteiger partial charge in [0.2, 0.25) is 0 Å². The summed E-state index contributed by atoms with van der Waals surface area (Å²) >= 11 is 0. The Hall–Kier alpha value is -1.67. The molecule has 0 spiro atoms. The van der Waals surface area contributed by atoms with Crippen LogP contribution in [0.25, 0.3) is 21.5 Å². The fourth-order valence-electron chi connectivity index (χ4n) is 4.39. The topological polar surface area (TPSA) is 57.5 Å². The first kappa shape index (κ1) is 23.0. The molecule has 0 bridgehead atoms. The first-order valence-corrected chi connectivity index (χ1v) is 13.1. The van der Waals surface area contributed by atoms with Gasteiger partial charge in [0, 0.05) is 0 Å². The van der Waals surface area contributed by atoms with Crippen molar-refractivity contribution in [3.05, 3.63) is 54.1 Å². The maximum atomic E-state index is 12.4. The van der Waals surface area contributed by atoms with Crippen molar-refractivity contribution in [1.29, 1.82) is 0 Å². The molecule has 0 aliphatic carbocycles. The lowest BCUT2D eigenvalue weighted by Gasteiger charge is -2.15. The number of unbranched alkanes of at least 4 members (excludes halogenated alkanes) is 9. The molecule has 0 heterocycles. The van der Waals surface area contributed by atoms with Crippen LogP contribution in [0.4, 0.5) is 0 Å². The van der Waals surface area contributed by atoms with E-state index in [1.807, 2.05) is 48.5 Å². The van der Waals surface area contributed by atoms with E-state index in [4.69, 9.17) is 0 Å². The Morgan fingerprint density at radius 1 is 0.700 bits per heavy atom. The van der Waals surface area contributed by atoms with Crippen molar-refractivity contribution in [2.24, 2.45) is 0 Å². The summed E-state index contributed by atoms with van der Waals surface area (Å²) in [4.78, 5) is 20.2. The lowest BCUT2D eigenvalue weighted by Crippen LogP contribution is -2.13. The van der Waals surface area contributed by atoms with E-state index < -0.39 is 7.60 Å². The first-order valence-electron chi connectivity index (χ1n) is 11.5. The molecule has 3 aromatic rings. The van der Waals surface area contributed by atoms with Crippen LogP contribution >= 0.6 is 7.60 Å². The van der Waals surface area contributed by atoms with Crippen molar-refractivity contribution in [3.8, 4) is 0 Å². The minimum Gasteiger partial charge on any atom is -0.321 e. The summed E-state index contributed by atoms with van der Waals surface area (Å²) in [6.07, 6.45) is 13.3. The van der Waals surface area contributed by atoms with Crippen molar-refractivity contribution in [3.63, 3.8) is 0 Å². The van der Waals surface area contributed by atoms with E-state index in [0.29, 0.717) is 5.39 Å². The van der Waals surface area contributed by atoms with Gasteiger partial charge < -0.3 is 9.79 Å². The second-order valence-corrected chi connectivity index (χ2v) is 10.0. The average Bonchev–Trinajstić information content (AvgIpc) is 2.72. The fraction of sp³-hybridized carbons (Fsp3) is 0.462. The Labute approximate surface area is 180 Å². The van der Waals surface area contributed by atoms with Gasteiger partial charge in [-0.15, -0.1) is 0 Å². The molecule has 3 nitrogen and oxygen atoms in total. The van der Waals surface area contributed by atoms with E-state index in [2.05, 4.69) is 6.92 Å². The van der Waals surface area contributed by atoms with Gasteiger partial charge >= 0.3 is 7.60 Å². The van der Waals surface area contributed by atoms with E-state index in [0.717, 1.165) is 41.0 Å². The lowest BCUT2D eigenvalue weighted by atomic mass is 9.98. The third-order valence-electron chi connectivity index (χ3n) is 6.03. The molecule has 0 amide bonds. The Morgan fingerprint density at radius 2 is 1.27 bits per heavy atom. The number of aryl methyl sites for hydroxylation is 1. The van der Waals surface area contributed by atoms with Crippen molar-refractivity contribution in [2.75, 3.05) is 0 Å². The molecule has 0 fully saturated rings. The quantitative estimate of drug-likeness (QED) is 0.182. The smallest absolute Gasteiger partial charge is 0.321 e. The number of rotatable bonds is 12. The molecule has 2 N–H and O–H groups in total. The maximum Gasteiger partial charge on any atom is 0.357 e. The maximum absolute atomic E-state index is 12.4. The van der Waals surface area contributed by atoms with Gasteiger partial charge in [-0.1, -0.05) is 101 Å². The van der Waals surface area contributed by atoms with E-state index in [-0.39, 0.29) is 5.30 Å². The summed E-state index contributed by atoms with van der Waals surface area (Å²) in [5.74, 6) is 0. The van der Waals surface area contributed by atoms with Crippen molar-refractivity contribution in [1.82, 2.24) is 0 Å². The highest BCUT2D eigenvalue weighted by atomic mass is 31.2. The third-order valence-corrected chi connectivity index (χ3v) is 7.14. The summed E-state index contributed by atoms with van der Waals surface area (Å²) in [7, 11) is -4.36. The Kier molecular flexibility index (Phi) is 8.50. The molecule has 162 valence electrons. The van der Waals surface area contributed by atoms with Crippen molar-refractivity contribution < 1.29 is 14.4 Å². The molecule has 3 rings (SSSR count). The van der Waals surface area contributed by atoms with E-state index >= 15 is 0 Å². The summed E-state index contributed by atoms with van der Waals surface area (Å²) in [6, 6.07) is 15.8. The monoisotopic (exact) mass is 426 g/mol. The Bertz CT molecular complexity index is 1010. The minimum absolute atomic E-state index is 0.224. The van der Waals surface area contributed by atoms with Crippen LogP contribution in [0.3, 0.4) is 0 Å². The number of fused-ring (bicyclic) bond motifs is 2. The average molecular weight is 427 g/mol. The third kappa shape index (κ3) is 6.17. The predicted molar refractivity (Wildman–Crippen MR) is 129 cm³/mol. The molecule has 0 radical (unpaired) electrons. The molecule has 3 aromatic carbocycles. The lowest BCUT2D eigenvalue weighted by molar-refractivity contribution is 0.387. The molecule has 0 saturated carbocycles. The van der Waals surface area contributed by atoms with Gasteiger partial charge in [-0.3, -0.25) is 4.57 Å². The van der Waals surface area contributed by atoms with Crippen LogP contribution in [0.1, 0.15) is 76.7 Å². The number of benzene rings is 3. The number of hydrogen-bond donors (Lipinski definition) is 2. The highest BCUT2D eigenvalue weighted by molar-refractivity contribution is 7.61. The van der Waals surface area contributed by atoms with Gasteiger partial charge in [-0.25, -0.2) is 0 Å². The molecule has 0 unspecified atom stereocenters. The second kappa shape index (κ2) is 11.1. The normalized spacial score (nSPS) is 12.1. The zero-order valence-electron chi connectivity index (χ0n) is 18.1. The summed E-state index contributed by atoms with van der Waals surface area (Å²) in [5.41, 5.74) is 0.797. The molecule has 0 atom stereocenters. The zero-order valence-corrected chi connectivity index (χ0v) is 19.0. The molecule has 0 aliphatic rings. The van der Waals surface area contributed by atoms with Crippen LogP contribution in [-0.2, 0) is 11.0 Å². The molecular formula is C26H35O3P. The number of hydrogen-bond acceptors (Lipinski definition) is 1. The Morgan fingerprint density at radius 3 is 1.87 bits per heavy atom. The highest BCUT2D eigenvalue weighted by Crippen LogP contribution is 2.39. The largest absolute Gasteiger partial charge is 0.357 e. The van der Waals surface area contributed by atoms with E-state index in [1.54, 1.807) is 0 Å². The first-order chi connectivity index (χ1) is 14.5. The van der Waals surface area contributed by atoms with Gasteiger partial charge in [0.05, 0.1) is 5.30 Å². The Balaban J connectivity index is 1.64. The molecule has 0 aliphatic heterocycles. The molecular weight excluding hydrogens is 391 g/mol. The van der Waals surface area contributed by atoms with Crippen LogP contribution in [0.15, 0.2) is 48.5 Å². The van der Waals surface area contributed by atoms with Crippen LogP contribution < -0.4 is 5.30 Å². The van der Waals surface area contributed by atoms with Crippen LogP contribution in [-0.4, -0.2) is 9.79 Å². The highest BCUT2D eigenvalue weighted by Gasteiger charge is 2.24. The molecule has 4 heteroatoms. The molecule has 30 heavy (non-hydrogen) atoms. The molecule has 0 aromatic heterocycles. The summed E-state index contributed by atoms with van der Waals surface area (Å²) < 4.78 is 12.4. The van der Waals surface area contributed by atoms with Crippen LogP contribution in [0, 0.1) is 0 Å². The summed E-state index contributed by atoms with van der Waals surface area (Å²) in [6.45, 7) is 2.25. The van der Waals surface area contributed by atoms with Gasteiger partial charge in [0.25, 0.3) is 0 Å². The van der Waals surface area contributed by atoms with Gasteiger partial charge in [0.15, 0.2) is 0 Å². The zero-order chi connectivity index (χ0) is 21.4. The SMILES string of the molecule is CCCCCCCCCCCCc1ccc2cc3ccccc3cc2c1P(=O)(O)O. The van der Waals surface area contributed by atoms with Crippen LogP contribution in [0.2, 0.25) is 0 Å². The van der Waals surface area contributed by atoms with E-state index in [1.165, 1.54) is 51.4 Å². The van der Waals surface area contributed by atoms with Crippen molar-refractivity contribution >= 4 is 34.4 Å². The summed E-state index contributed by atoms with van der Waals surface area (Å²) in [5, 5.41) is 3.90. The minimum atomic E-state index is -4.36. The fourth-order valence-corrected chi connectivity index (χ4v) is 5.46. The standard InChI is InChI=1S/C26H35O3P/c1-2-3-4-5-6-7-8-9-10-11-14-21-17-18-24-19-22-15-12-13-16-23(22)20-25(24)26(21)30(27,28)29/h12-13,15-20H,2-11,14H2,1H3,(H2,27,28,29).